The Balaban J connectivity index is 2.13. The van der Waals surface area contributed by atoms with Gasteiger partial charge in [-0.1, -0.05) is 31.0 Å². The van der Waals surface area contributed by atoms with Crippen molar-refractivity contribution in [1.82, 2.24) is 5.32 Å². The summed E-state index contributed by atoms with van der Waals surface area (Å²) in [5.41, 5.74) is 0.565. The number of amides is 1. The Morgan fingerprint density at radius 1 is 1.33 bits per heavy atom. The number of nitriles is 1. The van der Waals surface area contributed by atoms with Crippen LogP contribution in [-0.2, 0) is 14.3 Å². The van der Waals surface area contributed by atoms with Crippen LogP contribution in [0.4, 0.5) is 0 Å². The maximum atomic E-state index is 12.2. The number of benzene rings is 1. The minimum absolute atomic E-state index is 0.0102. The quantitative estimate of drug-likeness (QED) is 0.491. The van der Waals surface area contributed by atoms with Gasteiger partial charge in [0.05, 0.1) is 7.11 Å². The maximum Gasteiger partial charge on any atom is 0.343 e. The van der Waals surface area contributed by atoms with Gasteiger partial charge in [0.1, 0.15) is 17.4 Å². The number of nitrogens with zero attached hydrogens (tertiary/aromatic N) is 1. The van der Waals surface area contributed by atoms with Crippen molar-refractivity contribution in [3.8, 4) is 11.8 Å². The molecule has 1 aliphatic rings. The second-order valence-corrected chi connectivity index (χ2v) is 5.53. The fraction of sp³-hybridized carbons (Fsp3) is 0.389. The van der Waals surface area contributed by atoms with E-state index in [9.17, 15) is 14.9 Å². The third-order valence-corrected chi connectivity index (χ3v) is 3.85. The van der Waals surface area contributed by atoms with Crippen LogP contribution in [0.25, 0.3) is 6.08 Å². The molecule has 1 saturated carbocycles. The van der Waals surface area contributed by atoms with Crippen LogP contribution in [0.1, 0.15) is 31.2 Å². The molecule has 126 valence electrons. The van der Waals surface area contributed by atoms with Crippen molar-refractivity contribution < 1.29 is 19.1 Å². The number of methoxy groups -OCH3 is 1. The molecule has 1 amide bonds. The van der Waals surface area contributed by atoms with Gasteiger partial charge >= 0.3 is 5.97 Å². The van der Waals surface area contributed by atoms with Crippen molar-refractivity contribution in [2.75, 3.05) is 13.7 Å². The van der Waals surface area contributed by atoms with Crippen molar-refractivity contribution in [3.05, 3.63) is 35.4 Å². The van der Waals surface area contributed by atoms with E-state index in [1.165, 1.54) is 13.2 Å². The highest BCUT2D eigenvalue weighted by Crippen LogP contribution is 2.22. The number of rotatable bonds is 6. The summed E-state index contributed by atoms with van der Waals surface area (Å²) in [4.78, 5) is 23.4. The van der Waals surface area contributed by atoms with E-state index in [1.807, 2.05) is 6.07 Å². The molecule has 0 aromatic heterocycles. The number of carbonyl (C=O) groups is 2. The van der Waals surface area contributed by atoms with E-state index in [-0.39, 0.29) is 24.1 Å². The highest BCUT2D eigenvalue weighted by atomic mass is 16.6. The van der Waals surface area contributed by atoms with Crippen molar-refractivity contribution in [2.24, 2.45) is 0 Å². The summed E-state index contributed by atoms with van der Waals surface area (Å²) < 4.78 is 9.92. The molecule has 0 aliphatic heterocycles. The molecular formula is C18H20N2O4. The van der Waals surface area contributed by atoms with Gasteiger partial charge in [0.15, 0.2) is 6.61 Å². The average molecular weight is 328 g/mol. The Labute approximate surface area is 141 Å². The second kappa shape index (κ2) is 8.73. The Hall–Kier alpha value is -2.81. The van der Waals surface area contributed by atoms with E-state index < -0.39 is 5.97 Å². The van der Waals surface area contributed by atoms with Crippen molar-refractivity contribution in [3.63, 3.8) is 0 Å². The highest BCUT2D eigenvalue weighted by molar-refractivity contribution is 6.02. The van der Waals surface area contributed by atoms with E-state index in [1.54, 1.807) is 24.3 Å². The van der Waals surface area contributed by atoms with Gasteiger partial charge in [0, 0.05) is 11.6 Å². The van der Waals surface area contributed by atoms with Crippen LogP contribution in [0.2, 0.25) is 0 Å². The van der Waals surface area contributed by atoms with E-state index >= 15 is 0 Å². The first-order chi connectivity index (χ1) is 11.6. The Kier molecular flexibility index (Phi) is 6.38. The predicted molar refractivity (Wildman–Crippen MR) is 87.9 cm³/mol. The molecule has 0 spiro atoms. The van der Waals surface area contributed by atoms with Gasteiger partial charge < -0.3 is 14.8 Å². The molecule has 0 heterocycles. The summed E-state index contributed by atoms with van der Waals surface area (Å²) in [6.45, 7) is -0.239. The van der Waals surface area contributed by atoms with E-state index in [4.69, 9.17) is 4.74 Å². The zero-order valence-corrected chi connectivity index (χ0v) is 13.6. The molecule has 0 saturated heterocycles. The largest absolute Gasteiger partial charge is 0.481 e. The van der Waals surface area contributed by atoms with E-state index in [0.29, 0.717) is 11.3 Å². The molecule has 2 rings (SSSR count). The zero-order chi connectivity index (χ0) is 17.4. The standard InChI is InChI=1S/C18H20N2O4/c1-23-17(21)12-24-16-9-5-2-6-13(16)10-14(11-19)18(22)20-15-7-3-4-8-15/h2,5-6,9-10,15H,3-4,7-8,12H2,1H3,(H,20,22)/b14-10-. The zero-order valence-electron chi connectivity index (χ0n) is 13.6. The van der Waals surface area contributed by atoms with Crippen LogP contribution in [0.15, 0.2) is 29.8 Å². The Morgan fingerprint density at radius 2 is 2.04 bits per heavy atom. The molecule has 1 aromatic carbocycles. The topological polar surface area (TPSA) is 88.4 Å². The third kappa shape index (κ3) is 4.85. The summed E-state index contributed by atoms with van der Waals surface area (Å²) in [6.07, 6.45) is 5.56. The molecule has 24 heavy (non-hydrogen) atoms. The fourth-order valence-electron chi connectivity index (χ4n) is 2.56. The van der Waals surface area contributed by atoms with Crippen LogP contribution in [0.5, 0.6) is 5.75 Å². The van der Waals surface area contributed by atoms with E-state index in [0.717, 1.165) is 25.7 Å². The molecule has 1 N–H and O–H groups in total. The fourth-order valence-corrected chi connectivity index (χ4v) is 2.56. The van der Waals surface area contributed by atoms with Gasteiger partial charge in [-0.25, -0.2) is 4.79 Å². The average Bonchev–Trinajstić information content (AvgIpc) is 3.11. The lowest BCUT2D eigenvalue weighted by Crippen LogP contribution is -2.33. The first kappa shape index (κ1) is 17.5. The number of para-hydroxylation sites is 1. The highest BCUT2D eigenvalue weighted by Gasteiger charge is 2.19. The number of hydrogen-bond donors (Lipinski definition) is 1. The monoisotopic (exact) mass is 328 g/mol. The molecule has 0 atom stereocenters. The van der Waals surface area contributed by atoms with Gasteiger partial charge in [-0.15, -0.1) is 0 Å². The SMILES string of the molecule is COC(=O)COc1ccccc1/C=C(/C#N)C(=O)NC1CCCC1. The van der Waals surface area contributed by atoms with Crippen LogP contribution in [-0.4, -0.2) is 31.6 Å². The molecule has 1 aliphatic carbocycles. The van der Waals surface area contributed by atoms with Gasteiger partial charge in [-0.2, -0.15) is 5.26 Å². The molecule has 1 aromatic rings. The Morgan fingerprint density at radius 3 is 2.71 bits per heavy atom. The van der Waals surface area contributed by atoms with Crippen molar-refractivity contribution >= 4 is 18.0 Å². The number of carbonyl (C=O) groups excluding carboxylic acids is 2. The van der Waals surface area contributed by atoms with Crippen molar-refractivity contribution in [2.45, 2.75) is 31.7 Å². The summed E-state index contributed by atoms with van der Waals surface area (Å²) >= 11 is 0. The van der Waals surface area contributed by atoms with Gasteiger partial charge in [-0.05, 0) is 25.0 Å². The lowest BCUT2D eigenvalue weighted by molar-refractivity contribution is -0.142. The smallest absolute Gasteiger partial charge is 0.343 e. The number of hydrogen-bond acceptors (Lipinski definition) is 5. The molecule has 0 bridgehead atoms. The van der Waals surface area contributed by atoms with Crippen molar-refractivity contribution in [1.29, 1.82) is 5.26 Å². The van der Waals surface area contributed by atoms with E-state index in [2.05, 4.69) is 10.1 Å². The first-order valence-corrected chi connectivity index (χ1v) is 7.85. The Bertz CT molecular complexity index is 670. The number of esters is 1. The van der Waals surface area contributed by atoms with Crippen LogP contribution >= 0.6 is 0 Å². The predicted octanol–water partition coefficient (Wildman–Crippen LogP) is 2.20. The number of nitrogens with one attached hydrogen (secondary N) is 1. The summed E-state index contributed by atoms with van der Waals surface area (Å²) in [7, 11) is 1.28. The third-order valence-electron chi connectivity index (χ3n) is 3.85. The minimum Gasteiger partial charge on any atom is -0.481 e. The lowest BCUT2D eigenvalue weighted by Gasteiger charge is -2.12. The minimum atomic E-state index is -0.506. The first-order valence-electron chi connectivity index (χ1n) is 7.85. The molecule has 6 heteroatoms. The number of ether oxygens (including phenoxy) is 2. The summed E-state index contributed by atoms with van der Waals surface area (Å²) in [6, 6.07) is 8.96. The summed E-state index contributed by atoms with van der Waals surface area (Å²) in [5, 5.41) is 12.2. The van der Waals surface area contributed by atoms with Gasteiger partial charge in [-0.3, -0.25) is 4.79 Å². The van der Waals surface area contributed by atoms with Crippen LogP contribution in [0.3, 0.4) is 0 Å². The molecule has 1 fully saturated rings. The molecule has 6 nitrogen and oxygen atoms in total. The van der Waals surface area contributed by atoms with Gasteiger partial charge in [0.2, 0.25) is 0 Å². The van der Waals surface area contributed by atoms with Gasteiger partial charge in [0.25, 0.3) is 5.91 Å². The molecule has 0 radical (unpaired) electrons. The second-order valence-electron chi connectivity index (χ2n) is 5.53. The van der Waals surface area contributed by atoms with Crippen LogP contribution < -0.4 is 10.1 Å². The molecular weight excluding hydrogens is 308 g/mol. The normalized spacial score (nSPS) is 14.8. The lowest BCUT2D eigenvalue weighted by atomic mass is 10.1. The van der Waals surface area contributed by atoms with Crippen LogP contribution in [0, 0.1) is 11.3 Å². The molecule has 0 unspecified atom stereocenters. The maximum absolute atomic E-state index is 12.2. The summed E-state index contributed by atoms with van der Waals surface area (Å²) in [5.74, 6) is -0.482.